The number of aliphatic hydroxyl groups is 1. The van der Waals surface area contributed by atoms with E-state index in [-0.39, 0.29) is 18.1 Å². The van der Waals surface area contributed by atoms with Gasteiger partial charge in [0, 0.05) is 6.42 Å². The molecule has 5 unspecified atom stereocenters. The van der Waals surface area contributed by atoms with Gasteiger partial charge in [-0.2, -0.15) is 0 Å². The molecule has 0 aliphatic heterocycles. The molecule has 0 aliphatic rings. The van der Waals surface area contributed by atoms with E-state index in [0.717, 1.165) is 0 Å². The number of phenolic OH excluding ortho intramolecular Hbond substituents is 1. The number of hydrogen-bond donors (Lipinski definition) is 7. The summed E-state index contributed by atoms with van der Waals surface area (Å²) in [5.41, 5.74) is 6.55. The van der Waals surface area contributed by atoms with Gasteiger partial charge >= 0.3 is 5.97 Å². The predicted molar refractivity (Wildman–Crippen MR) is 125 cm³/mol. The number of aliphatic hydroxyl groups excluding tert-OH is 1. The Balaban J connectivity index is 3.11. The molecular formula is C23H36N4O7. The summed E-state index contributed by atoms with van der Waals surface area (Å²) in [5.74, 6) is -3.99. The van der Waals surface area contributed by atoms with Crippen LogP contribution < -0.4 is 21.7 Å². The second kappa shape index (κ2) is 12.9. The van der Waals surface area contributed by atoms with Gasteiger partial charge in [0.1, 0.15) is 17.8 Å². The average molecular weight is 481 g/mol. The molecule has 8 N–H and O–H groups in total. The second-order valence-electron chi connectivity index (χ2n) is 9.00. The standard InChI is InChI=1S/C23H36N4O7/c1-11(2)17(24)21(31)25-16(10-14-6-8-15(29)9-7-14)20(30)26-18(12(3)4)22(32)27-19(13(5)28)23(33)34/h6-9,11-13,16-19,28-29H,10,24H2,1-5H3,(H,25,31)(H,26,30)(H,27,32)(H,33,34). The molecule has 0 fully saturated rings. The number of carboxylic acids is 1. The first-order valence-corrected chi connectivity index (χ1v) is 11.1. The quantitative estimate of drug-likeness (QED) is 0.208. The van der Waals surface area contributed by atoms with E-state index < -0.39 is 59.9 Å². The van der Waals surface area contributed by atoms with E-state index in [9.17, 15) is 34.5 Å². The molecule has 0 bridgehead atoms. The Kier molecular flexibility index (Phi) is 10.9. The van der Waals surface area contributed by atoms with Gasteiger partial charge in [-0.25, -0.2) is 4.79 Å². The molecule has 5 atom stereocenters. The summed E-state index contributed by atoms with van der Waals surface area (Å²) in [7, 11) is 0. The topological polar surface area (TPSA) is 191 Å². The number of carbonyl (C=O) groups excluding carboxylic acids is 3. The normalized spacial score (nSPS) is 15.7. The number of rotatable bonds is 12. The summed E-state index contributed by atoms with van der Waals surface area (Å²) in [6.07, 6.45) is -1.30. The Morgan fingerprint density at radius 3 is 1.79 bits per heavy atom. The van der Waals surface area contributed by atoms with Gasteiger partial charge < -0.3 is 37.0 Å². The van der Waals surface area contributed by atoms with Crippen LogP contribution in [0.2, 0.25) is 0 Å². The lowest BCUT2D eigenvalue weighted by Gasteiger charge is -2.28. The van der Waals surface area contributed by atoms with Gasteiger partial charge in [-0.05, 0) is 36.5 Å². The number of amides is 3. The van der Waals surface area contributed by atoms with Gasteiger partial charge in [0.05, 0.1) is 12.1 Å². The van der Waals surface area contributed by atoms with Gasteiger partial charge in [0.25, 0.3) is 0 Å². The van der Waals surface area contributed by atoms with Crippen molar-refractivity contribution in [3.8, 4) is 5.75 Å². The molecule has 1 rings (SSSR count). The highest BCUT2D eigenvalue weighted by atomic mass is 16.4. The molecular weight excluding hydrogens is 444 g/mol. The zero-order valence-corrected chi connectivity index (χ0v) is 20.1. The fourth-order valence-corrected chi connectivity index (χ4v) is 3.07. The minimum atomic E-state index is -1.55. The van der Waals surface area contributed by atoms with E-state index in [1.54, 1.807) is 39.8 Å². The summed E-state index contributed by atoms with van der Waals surface area (Å²) < 4.78 is 0. The Bertz CT molecular complexity index is 855. The van der Waals surface area contributed by atoms with Crippen LogP contribution >= 0.6 is 0 Å². The maximum absolute atomic E-state index is 13.2. The van der Waals surface area contributed by atoms with Crippen molar-refractivity contribution in [2.75, 3.05) is 0 Å². The molecule has 0 saturated carbocycles. The molecule has 0 heterocycles. The molecule has 0 aliphatic carbocycles. The third-order valence-electron chi connectivity index (χ3n) is 5.32. The molecule has 0 saturated heterocycles. The summed E-state index contributed by atoms with van der Waals surface area (Å²) in [6, 6.07) is 1.43. The number of hydrogen-bond acceptors (Lipinski definition) is 7. The second-order valence-corrected chi connectivity index (χ2v) is 9.00. The van der Waals surface area contributed by atoms with Crippen LogP contribution in [0.4, 0.5) is 0 Å². The van der Waals surface area contributed by atoms with Crippen LogP contribution in [0, 0.1) is 11.8 Å². The Morgan fingerprint density at radius 1 is 0.824 bits per heavy atom. The van der Waals surface area contributed by atoms with Gasteiger partial charge in [-0.15, -0.1) is 0 Å². The Labute approximate surface area is 199 Å². The zero-order valence-electron chi connectivity index (χ0n) is 20.1. The van der Waals surface area contributed by atoms with Gasteiger partial charge in [-0.1, -0.05) is 39.8 Å². The number of aliphatic carboxylic acids is 1. The lowest BCUT2D eigenvalue weighted by atomic mass is 9.99. The lowest BCUT2D eigenvalue weighted by Crippen LogP contribution is -2.60. The Hall–Kier alpha value is -3.18. The van der Waals surface area contributed by atoms with Crippen molar-refractivity contribution in [1.82, 2.24) is 16.0 Å². The highest BCUT2D eigenvalue weighted by molar-refractivity contribution is 5.94. The van der Waals surface area contributed by atoms with Crippen molar-refractivity contribution in [2.24, 2.45) is 17.6 Å². The van der Waals surface area contributed by atoms with Crippen LogP contribution in [0.3, 0.4) is 0 Å². The third-order valence-corrected chi connectivity index (χ3v) is 5.32. The molecule has 0 spiro atoms. The average Bonchev–Trinajstić information content (AvgIpc) is 2.74. The van der Waals surface area contributed by atoms with Gasteiger partial charge in [-0.3, -0.25) is 14.4 Å². The van der Waals surface area contributed by atoms with Crippen molar-refractivity contribution in [3.63, 3.8) is 0 Å². The SMILES string of the molecule is CC(C)C(N)C(=O)NC(Cc1ccc(O)cc1)C(=O)NC(C(=O)NC(C(=O)O)C(C)O)C(C)C. The van der Waals surface area contributed by atoms with Crippen molar-refractivity contribution < 1.29 is 34.5 Å². The van der Waals surface area contributed by atoms with Crippen LogP contribution in [-0.4, -0.2) is 69.3 Å². The van der Waals surface area contributed by atoms with Crippen molar-refractivity contribution in [3.05, 3.63) is 29.8 Å². The van der Waals surface area contributed by atoms with E-state index in [4.69, 9.17) is 5.73 Å². The fourth-order valence-electron chi connectivity index (χ4n) is 3.07. The highest BCUT2D eigenvalue weighted by Crippen LogP contribution is 2.13. The highest BCUT2D eigenvalue weighted by Gasteiger charge is 2.33. The minimum absolute atomic E-state index is 0.0401. The summed E-state index contributed by atoms with van der Waals surface area (Å²) in [4.78, 5) is 49.8. The largest absolute Gasteiger partial charge is 0.508 e. The number of nitrogens with one attached hydrogen (secondary N) is 3. The Morgan fingerprint density at radius 2 is 1.35 bits per heavy atom. The number of aromatic hydroxyl groups is 1. The summed E-state index contributed by atoms with van der Waals surface area (Å²) in [5, 5.41) is 35.8. The number of nitrogens with two attached hydrogens (primary N) is 1. The first-order valence-electron chi connectivity index (χ1n) is 11.1. The van der Waals surface area contributed by atoms with Crippen LogP contribution in [0.5, 0.6) is 5.75 Å². The van der Waals surface area contributed by atoms with Crippen molar-refractivity contribution >= 4 is 23.7 Å². The third kappa shape index (κ3) is 8.64. The maximum atomic E-state index is 13.2. The zero-order chi connectivity index (χ0) is 26.2. The minimum Gasteiger partial charge on any atom is -0.508 e. The van der Waals surface area contributed by atoms with Gasteiger partial charge in [0.15, 0.2) is 6.04 Å². The first-order chi connectivity index (χ1) is 15.7. The number of benzene rings is 1. The molecule has 34 heavy (non-hydrogen) atoms. The fraction of sp³-hybridized carbons (Fsp3) is 0.565. The molecule has 1 aromatic rings. The van der Waals surface area contributed by atoms with E-state index in [1.807, 2.05) is 0 Å². The number of carboxylic acid groups (broad SMARTS) is 1. The molecule has 11 nitrogen and oxygen atoms in total. The van der Waals surface area contributed by atoms with Crippen LogP contribution in [-0.2, 0) is 25.6 Å². The van der Waals surface area contributed by atoms with E-state index >= 15 is 0 Å². The molecule has 0 radical (unpaired) electrons. The number of carbonyl (C=O) groups is 4. The molecule has 11 heteroatoms. The molecule has 3 amide bonds. The smallest absolute Gasteiger partial charge is 0.328 e. The van der Waals surface area contributed by atoms with Gasteiger partial charge in [0.2, 0.25) is 17.7 Å². The number of phenols is 1. The van der Waals surface area contributed by atoms with E-state index in [0.29, 0.717) is 5.56 Å². The lowest BCUT2D eigenvalue weighted by molar-refractivity contribution is -0.145. The monoisotopic (exact) mass is 480 g/mol. The van der Waals surface area contributed by atoms with E-state index in [2.05, 4.69) is 16.0 Å². The predicted octanol–water partition coefficient (Wildman–Crippen LogP) is -0.506. The first kappa shape index (κ1) is 28.9. The van der Waals surface area contributed by atoms with Crippen LogP contribution in [0.15, 0.2) is 24.3 Å². The van der Waals surface area contributed by atoms with Crippen LogP contribution in [0.1, 0.15) is 40.2 Å². The summed E-state index contributed by atoms with van der Waals surface area (Å²) in [6.45, 7) is 8.07. The van der Waals surface area contributed by atoms with Crippen molar-refractivity contribution in [1.29, 1.82) is 0 Å². The van der Waals surface area contributed by atoms with Crippen molar-refractivity contribution in [2.45, 2.75) is 71.3 Å². The van der Waals surface area contributed by atoms with E-state index in [1.165, 1.54) is 19.1 Å². The van der Waals surface area contributed by atoms with Crippen LogP contribution in [0.25, 0.3) is 0 Å². The maximum Gasteiger partial charge on any atom is 0.328 e. The summed E-state index contributed by atoms with van der Waals surface area (Å²) >= 11 is 0. The molecule has 190 valence electrons. The molecule has 1 aromatic carbocycles. The molecule has 0 aromatic heterocycles.